The van der Waals surface area contributed by atoms with Gasteiger partial charge in [-0.1, -0.05) is 0 Å². The molecular weight excluding hydrogens is 250 g/mol. The average molecular weight is 267 g/mol. The SMILES string of the molecule is CSC1CCC(NC(=O)c2ccc(=O)[nH]n2)CC1. The Kier molecular flexibility index (Phi) is 4.41. The predicted molar refractivity (Wildman–Crippen MR) is 71.9 cm³/mol. The van der Waals surface area contributed by atoms with E-state index in [-0.39, 0.29) is 23.2 Å². The zero-order chi connectivity index (χ0) is 13.0. The van der Waals surface area contributed by atoms with Gasteiger partial charge in [0, 0.05) is 17.4 Å². The Balaban J connectivity index is 1.88. The van der Waals surface area contributed by atoms with E-state index in [1.165, 1.54) is 12.1 Å². The lowest BCUT2D eigenvalue weighted by Crippen LogP contribution is -2.38. The molecule has 1 aliphatic rings. The summed E-state index contributed by atoms with van der Waals surface area (Å²) in [6.07, 6.45) is 6.45. The number of aromatic nitrogens is 2. The van der Waals surface area contributed by atoms with Gasteiger partial charge < -0.3 is 5.32 Å². The summed E-state index contributed by atoms with van der Waals surface area (Å²) in [6.45, 7) is 0. The number of carbonyl (C=O) groups excluding carboxylic acids is 1. The van der Waals surface area contributed by atoms with Gasteiger partial charge in [0.25, 0.3) is 11.5 Å². The molecule has 0 atom stereocenters. The third kappa shape index (κ3) is 3.35. The summed E-state index contributed by atoms with van der Waals surface area (Å²) in [5, 5.41) is 9.68. The van der Waals surface area contributed by atoms with Gasteiger partial charge in [-0.15, -0.1) is 0 Å². The van der Waals surface area contributed by atoms with Gasteiger partial charge in [-0.25, -0.2) is 5.10 Å². The first-order valence-corrected chi connectivity index (χ1v) is 7.37. The lowest BCUT2D eigenvalue weighted by molar-refractivity contribution is 0.0922. The molecule has 1 aliphatic carbocycles. The third-order valence-corrected chi connectivity index (χ3v) is 4.39. The highest BCUT2D eigenvalue weighted by Gasteiger charge is 2.22. The van der Waals surface area contributed by atoms with Crippen molar-refractivity contribution >= 4 is 17.7 Å². The molecule has 1 amide bonds. The van der Waals surface area contributed by atoms with E-state index in [4.69, 9.17) is 0 Å². The number of rotatable bonds is 3. The van der Waals surface area contributed by atoms with Crippen molar-refractivity contribution in [2.45, 2.75) is 37.0 Å². The predicted octanol–water partition coefficient (Wildman–Crippen LogP) is 1.17. The van der Waals surface area contributed by atoms with Crippen molar-refractivity contribution in [1.82, 2.24) is 15.5 Å². The average Bonchev–Trinajstić information content (AvgIpc) is 2.40. The van der Waals surface area contributed by atoms with E-state index in [0.29, 0.717) is 0 Å². The molecule has 18 heavy (non-hydrogen) atoms. The van der Waals surface area contributed by atoms with Crippen molar-refractivity contribution in [1.29, 1.82) is 0 Å². The maximum absolute atomic E-state index is 11.9. The molecule has 1 fully saturated rings. The normalized spacial score (nSPS) is 23.6. The smallest absolute Gasteiger partial charge is 0.271 e. The molecule has 1 aromatic heterocycles. The number of nitrogens with zero attached hydrogens (tertiary/aromatic N) is 1. The molecule has 1 heterocycles. The van der Waals surface area contributed by atoms with Gasteiger partial charge in [0.15, 0.2) is 0 Å². The van der Waals surface area contributed by atoms with Crippen LogP contribution in [0.2, 0.25) is 0 Å². The van der Waals surface area contributed by atoms with Crippen molar-refractivity contribution in [3.05, 3.63) is 28.2 Å². The second kappa shape index (κ2) is 6.04. The molecule has 98 valence electrons. The van der Waals surface area contributed by atoms with Gasteiger partial charge in [0.05, 0.1) is 0 Å². The van der Waals surface area contributed by atoms with E-state index in [0.717, 1.165) is 30.9 Å². The molecule has 0 unspecified atom stereocenters. The number of hydrogen-bond acceptors (Lipinski definition) is 4. The van der Waals surface area contributed by atoms with Crippen LogP contribution in [0.1, 0.15) is 36.2 Å². The molecule has 2 N–H and O–H groups in total. The standard InChI is InChI=1S/C12H17N3O2S/c1-18-9-4-2-8(3-5-9)13-12(17)10-6-7-11(16)15-14-10/h6-9H,2-5H2,1H3,(H,13,17)(H,15,16). The number of H-pyrrole nitrogens is 1. The Labute approximate surface area is 110 Å². The Hall–Kier alpha value is -1.30. The summed E-state index contributed by atoms with van der Waals surface area (Å²) in [6, 6.07) is 2.99. The second-order valence-electron chi connectivity index (χ2n) is 4.49. The molecular formula is C12H17N3O2S. The van der Waals surface area contributed by atoms with Crippen LogP contribution in [0.15, 0.2) is 16.9 Å². The van der Waals surface area contributed by atoms with Gasteiger partial charge in [-0.2, -0.15) is 16.9 Å². The minimum atomic E-state index is -0.299. The maximum atomic E-state index is 11.9. The van der Waals surface area contributed by atoms with Crippen molar-refractivity contribution in [2.75, 3.05) is 6.26 Å². The monoisotopic (exact) mass is 267 g/mol. The zero-order valence-corrected chi connectivity index (χ0v) is 11.1. The summed E-state index contributed by atoms with van der Waals surface area (Å²) in [7, 11) is 0. The van der Waals surface area contributed by atoms with Crippen molar-refractivity contribution in [3.8, 4) is 0 Å². The molecule has 1 saturated carbocycles. The van der Waals surface area contributed by atoms with E-state index in [2.05, 4.69) is 21.8 Å². The van der Waals surface area contributed by atoms with Crippen LogP contribution in [0.25, 0.3) is 0 Å². The summed E-state index contributed by atoms with van der Waals surface area (Å²) in [5.74, 6) is -0.209. The molecule has 5 nitrogen and oxygen atoms in total. The van der Waals surface area contributed by atoms with E-state index in [1.807, 2.05) is 11.8 Å². The van der Waals surface area contributed by atoms with Crippen LogP contribution in [-0.2, 0) is 0 Å². The molecule has 2 rings (SSSR count). The first-order chi connectivity index (χ1) is 8.69. The van der Waals surface area contributed by atoms with Crippen LogP contribution in [0.3, 0.4) is 0 Å². The highest BCUT2D eigenvalue weighted by molar-refractivity contribution is 7.99. The number of hydrogen-bond donors (Lipinski definition) is 2. The molecule has 0 radical (unpaired) electrons. The summed E-state index contributed by atoms with van der Waals surface area (Å²) in [4.78, 5) is 22.7. The van der Waals surface area contributed by atoms with E-state index in [9.17, 15) is 9.59 Å². The fourth-order valence-electron chi connectivity index (χ4n) is 2.17. The first kappa shape index (κ1) is 13.1. The van der Waals surface area contributed by atoms with Gasteiger partial charge in [-0.3, -0.25) is 9.59 Å². The molecule has 0 aromatic carbocycles. The summed E-state index contributed by atoms with van der Waals surface area (Å²) in [5.41, 5.74) is -0.0337. The second-order valence-corrected chi connectivity index (χ2v) is 5.63. The fraction of sp³-hybridized carbons (Fsp3) is 0.583. The van der Waals surface area contributed by atoms with Crippen LogP contribution >= 0.6 is 11.8 Å². The zero-order valence-electron chi connectivity index (χ0n) is 10.3. The molecule has 0 saturated heterocycles. The molecule has 6 heteroatoms. The Morgan fingerprint density at radius 2 is 2.11 bits per heavy atom. The Bertz CT molecular complexity index is 446. The lowest BCUT2D eigenvalue weighted by atomic mass is 9.95. The Morgan fingerprint density at radius 1 is 1.39 bits per heavy atom. The first-order valence-electron chi connectivity index (χ1n) is 6.08. The Morgan fingerprint density at radius 3 is 2.67 bits per heavy atom. The van der Waals surface area contributed by atoms with Gasteiger partial charge >= 0.3 is 0 Å². The number of thioether (sulfide) groups is 1. The maximum Gasteiger partial charge on any atom is 0.271 e. The topological polar surface area (TPSA) is 74.8 Å². The minimum absolute atomic E-state index is 0.209. The van der Waals surface area contributed by atoms with Crippen LogP contribution in [0, 0.1) is 0 Å². The highest BCUT2D eigenvalue weighted by atomic mass is 32.2. The number of carbonyl (C=O) groups is 1. The lowest BCUT2D eigenvalue weighted by Gasteiger charge is -2.27. The van der Waals surface area contributed by atoms with Crippen molar-refractivity contribution in [3.63, 3.8) is 0 Å². The van der Waals surface area contributed by atoms with Crippen LogP contribution < -0.4 is 10.9 Å². The fourth-order valence-corrected chi connectivity index (χ4v) is 2.92. The summed E-state index contributed by atoms with van der Waals surface area (Å²) < 4.78 is 0. The quantitative estimate of drug-likeness (QED) is 0.862. The number of amides is 1. The number of nitrogens with one attached hydrogen (secondary N) is 2. The largest absolute Gasteiger partial charge is 0.348 e. The van der Waals surface area contributed by atoms with Crippen molar-refractivity contribution in [2.24, 2.45) is 0 Å². The van der Waals surface area contributed by atoms with Gasteiger partial charge in [-0.05, 0) is 38.0 Å². The van der Waals surface area contributed by atoms with E-state index < -0.39 is 0 Å². The van der Waals surface area contributed by atoms with E-state index >= 15 is 0 Å². The molecule has 0 bridgehead atoms. The van der Waals surface area contributed by atoms with Crippen molar-refractivity contribution < 1.29 is 4.79 Å². The minimum Gasteiger partial charge on any atom is -0.348 e. The highest BCUT2D eigenvalue weighted by Crippen LogP contribution is 2.26. The van der Waals surface area contributed by atoms with Gasteiger partial charge in [0.1, 0.15) is 5.69 Å². The third-order valence-electron chi connectivity index (χ3n) is 3.25. The molecule has 0 spiro atoms. The van der Waals surface area contributed by atoms with Crippen LogP contribution in [-0.4, -0.2) is 33.7 Å². The summed E-state index contributed by atoms with van der Waals surface area (Å²) >= 11 is 1.90. The molecule has 1 aromatic rings. The van der Waals surface area contributed by atoms with Crippen LogP contribution in [0.5, 0.6) is 0 Å². The molecule has 0 aliphatic heterocycles. The van der Waals surface area contributed by atoms with Crippen LogP contribution in [0.4, 0.5) is 0 Å². The van der Waals surface area contributed by atoms with Gasteiger partial charge in [0.2, 0.25) is 0 Å². The van der Waals surface area contributed by atoms with E-state index in [1.54, 1.807) is 0 Å². The number of aromatic amines is 1.